The maximum atomic E-state index is 12.4. The van der Waals surface area contributed by atoms with Gasteiger partial charge in [-0.3, -0.25) is 0 Å². The number of sulfonamides is 1. The minimum atomic E-state index is -3.04. The third-order valence-electron chi connectivity index (χ3n) is 4.96. The summed E-state index contributed by atoms with van der Waals surface area (Å²) in [6.45, 7) is 2.87. The highest BCUT2D eigenvalue weighted by Gasteiger charge is 2.25. The van der Waals surface area contributed by atoms with Crippen LogP contribution in [0.15, 0.2) is 0 Å². The Labute approximate surface area is 124 Å². The van der Waals surface area contributed by atoms with Crippen LogP contribution in [0.1, 0.15) is 51.4 Å². The van der Waals surface area contributed by atoms with Crippen molar-refractivity contribution in [3.05, 3.63) is 0 Å². The fourth-order valence-electron chi connectivity index (χ4n) is 3.45. The van der Waals surface area contributed by atoms with Gasteiger partial charge in [0, 0.05) is 13.6 Å². The molecular formula is C15H30N2O2S. The molecule has 2 fully saturated rings. The van der Waals surface area contributed by atoms with E-state index in [2.05, 4.69) is 5.32 Å². The summed E-state index contributed by atoms with van der Waals surface area (Å²) >= 11 is 0. The van der Waals surface area contributed by atoms with E-state index in [1.165, 1.54) is 32.1 Å². The number of nitrogens with zero attached hydrogens (tertiary/aromatic N) is 1. The minimum Gasteiger partial charge on any atom is -0.317 e. The molecule has 1 aliphatic carbocycles. The maximum Gasteiger partial charge on any atom is 0.214 e. The van der Waals surface area contributed by atoms with E-state index >= 15 is 0 Å². The van der Waals surface area contributed by atoms with Crippen LogP contribution in [0.3, 0.4) is 0 Å². The molecule has 1 heterocycles. The number of nitrogens with one attached hydrogen (secondary N) is 1. The van der Waals surface area contributed by atoms with Crippen LogP contribution >= 0.6 is 0 Å². The van der Waals surface area contributed by atoms with Crippen molar-refractivity contribution >= 4 is 10.0 Å². The molecule has 1 N–H and O–H groups in total. The molecule has 0 aromatic heterocycles. The van der Waals surface area contributed by atoms with Crippen molar-refractivity contribution in [3.63, 3.8) is 0 Å². The second kappa shape index (κ2) is 7.76. The third-order valence-corrected chi connectivity index (χ3v) is 6.98. The molecule has 5 heteroatoms. The molecule has 0 unspecified atom stereocenters. The number of hydrogen-bond acceptors (Lipinski definition) is 3. The zero-order valence-corrected chi connectivity index (χ0v) is 13.6. The van der Waals surface area contributed by atoms with Crippen LogP contribution in [0.5, 0.6) is 0 Å². The molecule has 0 atom stereocenters. The van der Waals surface area contributed by atoms with Crippen LogP contribution in [0.4, 0.5) is 0 Å². The Balaban J connectivity index is 1.75. The van der Waals surface area contributed by atoms with Crippen LogP contribution in [0.2, 0.25) is 0 Å². The zero-order valence-electron chi connectivity index (χ0n) is 12.8. The zero-order chi connectivity index (χ0) is 14.4. The molecule has 0 bridgehead atoms. The van der Waals surface area contributed by atoms with E-state index < -0.39 is 10.0 Å². The van der Waals surface area contributed by atoms with Crippen molar-refractivity contribution in [2.24, 2.45) is 11.8 Å². The Kier molecular flexibility index (Phi) is 6.30. The van der Waals surface area contributed by atoms with Gasteiger partial charge in [0.1, 0.15) is 0 Å². The van der Waals surface area contributed by atoms with Gasteiger partial charge in [0.05, 0.1) is 5.75 Å². The quantitative estimate of drug-likeness (QED) is 0.818. The normalized spacial score (nSPS) is 23.3. The average Bonchev–Trinajstić information content (AvgIpc) is 2.46. The van der Waals surface area contributed by atoms with Gasteiger partial charge in [-0.15, -0.1) is 0 Å². The second-order valence-electron chi connectivity index (χ2n) is 6.59. The number of rotatable bonds is 6. The molecular weight excluding hydrogens is 272 g/mol. The summed E-state index contributed by atoms with van der Waals surface area (Å²) in [6, 6.07) is 0. The van der Waals surface area contributed by atoms with Crippen molar-refractivity contribution in [2.45, 2.75) is 51.4 Å². The topological polar surface area (TPSA) is 49.4 Å². The van der Waals surface area contributed by atoms with E-state index in [0.29, 0.717) is 24.1 Å². The predicted octanol–water partition coefficient (Wildman–Crippen LogP) is 2.22. The van der Waals surface area contributed by atoms with E-state index in [9.17, 15) is 8.42 Å². The molecule has 4 nitrogen and oxygen atoms in total. The van der Waals surface area contributed by atoms with Gasteiger partial charge in [0.2, 0.25) is 10.0 Å². The highest BCUT2D eigenvalue weighted by Crippen LogP contribution is 2.26. The lowest BCUT2D eigenvalue weighted by atomic mass is 9.91. The van der Waals surface area contributed by atoms with Crippen LogP contribution in [-0.2, 0) is 10.0 Å². The first-order chi connectivity index (χ1) is 9.58. The largest absolute Gasteiger partial charge is 0.317 e. The Morgan fingerprint density at radius 2 is 1.65 bits per heavy atom. The van der Waals surface area contributed by atoms with Crippen LogP contribution in [-0.4, -0.2) is 45.2 Å². The molecule has 2 rings (SSSR count). The van der Waals surface area contributed by atoms with Gasteiger partial charge < -0.3 is 5.32 Å². The monoisotopic (exact) mass is 302 g/mol. The second-order valence-corrected chi connectivity index (χ2v) is 8.71. The van der Waals surface area contributed by atoms with E-state index in [0.717, 1.165) is 32.4 Å². The summed E-state index contributed by atoms with van der Waals surface area (Å²) in [5.41, 5.74) is 0. The fourth-order valence-corrected chi connectivity index (χ4v) is 5.02. The molecule has 0 amide bonds. The van der Waals surface area contributed by atoms with Gasteiger partial charge in [0.15, 0.2) is 0 Å². The lowest BCUT2D eigenvalue weighted by Crippen LogP contribution is -2.35. The molecule has 0 aromatic rings. The SMILES string of the molecule is CN(CCC1CCNCC1)S(=O)(=O)CC1CCCCC1. The predicted molar refractivity (Wildman–Crippen MR) is 83.2 cm³/mol. The Bertz CT molecular complexity index is 371. The summed E-state index contributed by atoms with van der Waals surface area (Å²) in [7, 11) is -1.28. The van der Waals surface area contributed by atoms with Gasteiger partial charge in [-0.25, -0.2) is 12.7 Å². The Morgan fingerprint density at radius 1 is 1.00 bits per heavy atom. The van der Waals surface area contributed by atoms with Gasteiger partial charge in [0.25, 0.3) is 0 Å². The molecule has 1 aliphatic heterocycles. The summed E-state index contributed by atoms with van der Waals surface area (Å²) in [4.78, 5) is 0. The molecule has 1 saturated heterocycles. The molecule has 1 saturated carbocycles. The van der Waals surface area contributed by atoms with Gasteiger partial charge >= 0.3 is 0 Å². The smallest absolute Gasteiger partial charge is 0.214 e. The minimum absolute atomic E-state index is 0.371. The van der Waals surface area contributed by atoms with Crippen molar-refractivity contribution < 1.29 is 8.42 Å². The summed E-state index contributed by atoms with van der Waals surface area (Å²) in [5, 5.41) is 3.35. The summed E-state index contributed by atoms with van der Waals surface area (Å²) in [6.07, 6.45) is 9.29. The van der Waals surface area contributed by atoms with Crippen LogP contribution < -0.4 is 5.32 Å². The maximum absolute atomic E-state index is 12.4. The van der Waals surface area contributed by atoms with E-state index in [1.54, 1.807) is 11.4 Å². The summed E-state index contributed by atoms with van der Waals surface area (Å²) < 4.78 is 26.4. The highest BCUT2D eigenvalue weighted by molar-refractivity contribution is 7.89. The molecule has 0 radical (unpaired) electrons. The van der Waals surface area contributed by atoms with Crippen LogP contribution in [0, 0.1) is 11.8 Å². The molecule has 0 spiro atoms. The van der Waals surface area contributed by atoms with Gasteiger partial charge in [-0.05, 0) is 57.0 Å². The van der Waals surface area contributed by atoms with Gasteiger partial charge in [-0.2, -0.15) is 0 Å². The average molecular weight is 302 g/mol. The van der Waals surface area contributed by atoms with Crippen molar-refractivity contribution in [1.82, 2.24) is 9.62 Å². The first kappa shape index (κ1) is 16.2. The molecule has 0 aromatic carbocycles. The Morgan fingerprint density at radius 3 is 2.30 bits per heavy atom. The molecule has 118 valence electrons. The van der Waals surface area contributed by atoms with Crippen molar-refractivity contribution in [2.75, 3.05) is 32.4 Å². The number of piperidine rings is 1. The van der Waals surface area contributed by atoms with Crippen molar-refractivity contribution in [3.8, 4) is 0 Å². The fraction of sp³-hybridized carbons (Fsp3) is 1.00. The van der Waals surface area contributed by atoms with Gasteiger partial charge in [-0.1, -0.05) is 19.3 Å². The first-order valence-electron chi connectivity index (χ1n) is 8.22. The third kappa shape index (κ3) is 5.01. The van der Waals surface area contributed by atoms with Crippen LogP contribution in [0.25, 0.3) is 0 Å². The first-order valence-corrected chi connectivity index (χ1v) is 9.83. The lowest BCUT2D eigenvalue weighted by Gasteiger charge is -2.27. The summed E-state index contributed by atoms with van der Waals surface area (Å²) in [5.74, 6) is 1.47. The Hall–Kier alpha value is -0.130. The molecule has 2 aliphatic rings. The standard InChI is InChI=1S/C15H30N2O2S/c1-17(12-9-14-7-10-16-11-8-14)20(18,19)13-15-5-3-2-4-6-15/h14-16H,2-13H2,1H3. The number of hydrogen-bond donors (Lipinski definition) is 1. The van der Waals surface area contributed by atoms with Crippen molar-refractivity contribution in [1.29, 1.82) is 0 Å². The van der Waals surface area contributed by atoms with E-state index in [-0.39, 0.29) is 0 Å². The van der Waals surface area contributed by atoms with E-state index in [1.807, 2.05) is 0 Å². The lowest BCUT2D eigenvalue weighted by molar-refractivity contribution is 0.322. The highest BCUT2D eigenvalue weighted by atomic mass is 32.2. The molecule has 20 heavy (non-hydrogen) atoms. The van der Waals surface area contributed by atoms with E-state index in [4.69, 9.17) is 0 Å².